The molecule has 2 amide bonds. The third-order valence-corrected chi connectivity index (χ3v) is 5.62. The van der Waals surface area contributed by atoms with Gasteiger partial charge in [0, 0.05) is 0 Å². The number of hydrogen-bond donors (Lipinski definition) is 2. The highest BCUT2D eigenvalue weighted by Gasteiger charge is 2.63. The molecule has 2 fully saturated rings. The zero-order valence-electron chi connectivity index (χ0n) is 15.5. The van der Waals surface area contributed by atoms with Crippen LogP contribution in [0.2, 0.25) is 0 Å². The van der Waals surface area contributed by atoms with E-state index < -0.39 is 41.7 Å². The molecule has 2 aromatic carbocycles. The molecule has 2 aliphatic heterocycles. The lowest BCUT2D eigenvalue weighted by Crippen LogP contribution is -2.92. The minimum atomic E-state index is -1.39. The lowest BCUT2D eigenvalue weighted by atomic mass is 9.86. The SMILES string of the molecule is Cc1cc(C)cc(N2C(=O)[C@@H]3[C@H](C2=O)[C@@H](C(=O)[O-])[NH2+][C@H]3c2ccccc2O)c1. The van der Waals surface area contributed by atoms with Crippen LogP contribution >= 0.6 is 0 Å². The minimum Gasteiger partial charge on any atom is -0.544 e. The van der Waals surface area contributed by atoms with Gasteiger partial charge in [-0.25, -0.2) is 4.90 Å². The number of hydrogen-bond acceptors (Lipinski definition) is 5. The zero-order valence-corrected chi connectivity index (χ0v) is 15.5. The number of aryl methyl sites for hydroxylation is 2. The first-order chi connectivity index (χ1) is 13.3. The molecule has 0 aliphatic carbocycles. The summed E-state index contributed by atoms with van der Waals surface area (Å²) in [5, 5.41) is 23.4. The summed E-state index contributed by atoms with van der Waals surface area (Å²) in [6, 6.07) is 9.99. The number of carboxylic acids is 1. The fraction of sp³-hybridized carbons (Fsp3) is 0.286. The van der Waals surface area contributed by atoms with Crippen LogP contribution in [-0.4, -0.2) is 28.9 Å². The Labute approximate surface area is 161 Å². The quantitative estimate of drug-likeness (QED) is 0.700. The Kier molecular flexibility index (Phi) is 4.19. The van der Waals surface area contributed by atoms with Crippen molar-refractivity contribution in [3.63, 3.8) is 0 Å². The number of phenolic OH excluding ortho intramolecular Hbond substituents is 1. The van der Waals surface area contributed by atoms with E-state index in [1.165, 1.54) is 11.4 Å². The smallest absolute Gasteiger partial charge is 0.244 e. The van der Waals surface area contributed by atoms with Gasteiger partial charge in [0.1, 0.15) is 35.6 Å². The molecule has 4 atom stereocenters. The Balaban J connectivity index is 1.81. The van der Waals surface area contributed by atoms with Crippen molar-refractivity contribution in [3.05, 3.63) is 59.2 Å². The normalized spacial score (nSPS) is 26.6. The van der Waals surface area contributed by atoms with Gasteiger partial charge in [0.05, 0.1) is 11.3 Å². The standard InChI is InChI=1S/C21H20N2O5/c1-10-7-11(2)9-12(8-10)23-19(25)15-16(20(23)26)18(21(27)28)22-17(15)13-5-3-4-6-14(13)24/h3-9,15-18,22,24H,1-2H3,(H,27,28)/t15-,16+,17+,18+/m1/s1. The molecule has 144 valence electrons. The van der Waals surface area contributed by atoms with Crippen LogP contribution in [0.15, 0.2) is 42.5 Å². The summed E-state index contributed by atoms with van der Waals surface area (Å²) in [5.41, 5.74) is 2.67. The van der Waals surface area contributed by atoms with Gasteiger partial charge in [0.2, 0.25) is 11.8 Å². The number of nitrogens with two attached hydrogens (primary N) is 1. The number of fused-ring (bicyclic) bond motifs is 1. The van der Waals surface area contributed by atoms with E-state index in [1.807, 2.05) is 19.9 Å². The highest BCUT2D eigenvalue weighted by molar-refractivity contribution is 6.23. The summed E-state index contributed by atoms with van der Waals surface area (Å²) in [6.07, 6.45) is 0. The second-order valence-corrected chi connectivity index (χ2v) is 7.53. The molecule has 2 heterocycles. The number of para-hydroxylation sites is 1. The van der Waals surface area contributed by atoms with Crippen molar-refractivity contribution in [2.24, 2.45) is 11.8 Å². The first-order valence-corrected chi connectivity index (χ1v) is 9.09. The third kappa shape index (κ3) is 2.66. The number of carbonyl (C=O) groups is 3. The molecule has 0 aromatic heterocycles. The van der Waals surface area contributed by atoms with Crippen molar-refractivity contribution >= 4 is 23.5 Å². The average molecular weight is 380 g/mol. The van der Waals surface area contributed by atoms with Crippen molar-refractivity contribution in [3.8, 4) is 5.75 Å². The van der Waals surface area contributed by atoms with E-state index in [0.29, 0.717) is 11.3 Å². The second-order valence-electron chi connectivity index (χ2n) is 7.53. The number of rotatable bonds is 3. The maximum atomic E-state index is 13.3. The Morgan fingerprint density at radius 2 is 1.64 bits per heavy atom. The number of carboxylic acid groups (broad SMARTS) is 1. The van der Waals surface area contributed by atoms with Crippen LogP contribution in [0, 0.1) is 25.7 Å². The number of carbonyl (C=O) groups excluding carboxylic acids is 3. The van der Waals surface area contributed by atoms with E-state index in [9.17, 15) is 24.6 Å². The number of amides is 2. The summed E-state index contributed by atoms with van der Waals surface area (Å²) in [5.74, 6) is -4.34. The van der Waals surface area contributed by atoms with Crippen LogP contribution in [0.5, 0.6) is 5.75 Å². The predicted octanol–water partition coefficient (Wildman–Crippen LogP) is -0.449. The molecule has 0 spiro atoms. The fourth-order valence-electron chi connectivity index (χ4n) is 4.56. The predicted molar refractivity (Wildman–Crippen MR) is 97.0 cm³/mol. The van der Waals surface area contributed by atoms with E-state index >= 15 is 0 Å². The number of aliphatic carboxylic acids is 1. The first kappa shape index (κ1) is 18.2. The highest BCUT2D eigenvalue weighted by Crippen LogP contribution is 2.43. The van der Waals surface area contributed by atoms with Gasteiger partial charge in [-0.3, -0.25) is 9.59 Å². The lowest BCUT2D eigenvalue weighted by molar-refractivity contribution is -0.705. The van der Waals surface area contributed by atoms with Crippen molar-refractivity contribution in [1.82, 2.24) is 0 Å². The van der Waals surface area contributed by atoms with Crippen LogP contribution in [0.1, 0.15) is 22.7 Å². The number of quaternary nitrogens is 1. The molecule has 7 nitrogen and oxygen atoms in total. The summed E-state index contributed by atoms with van der Waals surface area (Å²) in [4.78, 5) is 39.2. The molecule has 28 heavy (non-hydrogen) atoms. The number of nitrogens with zero attached hydrogens (tertiary/aromatic N) is 1. The van der Waals surface area contributed by atoms with Crippen LogP contribution in [-0.2, 0) is 14.4 Å². The molecule has 2 aliphatic rings. The Bertz CT molecular complexity index is 982. The topological polar surface area (TPSA) is 114 Å². The molecule has 0 bridgehead atoms. The second kappa shape index (κ2) is 6.45. The zero-order chi connectivity index (χ0) is 20.2. The lowest BCUT2D eigenvalue weighted by Gasteiger charge is -2.22. The number of benzene rings is 2. The van der Waals surface area contributed by atoms with Gasteiger partial charge < -0.3 is 20.3 Å². The van der Waals surface area contributed by atoms with Crippen molar-refractivity contribution in [1.29, 1.82) is 0 Å². The number of imide groups is 1. The van der Waals surface area contributed by atoms with E-state index in [1.54, 1.807) is 30.3 Å². The highest BCUT2D eigenvalue weighted by atomic mass is 16.4. The molecular weight excluding hydrogens is 360 g/mol. The van der Waals surface area contributed by atoms with Gasteiger partial charge in [-0.2, -0.15) is 0 Å². The third-order valence-electron chi connectivity index (χ3n) is 5.62. The van der Waals surface area contributed by atoms with Crippen LogP contribution in [0.4, 0.5) is 5.69 Å². The van der Waals surface area contributed by atoms with Gasteiger partial charge in [-0.15, -0.1) is 0 Å². The average Bonchev–Trinajstić information content (AvgIpc) is 3.12. The van der Waals surface area contributed by atoms with Crippen LogP contribution in [0.3, 0.4) is 0 Å². The fourth-order valence-corrected chi connectivity index (χ4v) is 4.56. The molecule has 0 radical (unpaired) electrons. The van der Waals surface area contributed by atoms with Gasteiger partial charge in [-0.1, -0.05) is 18.2 Å². The maximum absolute atomic E-state index is 13.3. The Morgan fingerprint density at radius 1 is 1.04 bits per heavy atom. The van der Waals surface area contributed by atoms with Crippen molar-refractivity contribution in [2.45, 2.75) is 25.9 Å². The molecule has 2 saturated heterocycles. The summed E-state index contributed by atoms with van der Waals surface area (Å²) < 4.78 is 0. The van der Waals surface area contributed by atoms with E-state index in [0.717, 1.165) is 16.0 Å². The van der Waals surface area contributed by atoms with Crippen LogP contribution < -0.4 is 15.3 Å². The largest absolute Gasteiger partial charge is 0.544 e. The molecule has 0 unspecified atom stereocenters. The summed E-state index contributed by atoms with van der Waals surface area (Å²) in [7, 11) is 0. The molecule has 4 rings (SSSR count). The van der Waals surface area contributed by atoms with Gasteiger partial charge >= 0.3 is 0 Å². The maximum Gasteiger partial charge on any atom is 0.244 e. The molecular formula is C21H20N2O5. The number of anilines is 1. The minimum absolute atomic E-state index is 0.0356. The van der Waals surface area contributed by atoms with E-state index in [-0.39, 0.29) is 5.75 Å². The number of phenols is 1. The van der Waals surface area contributed by atoms with E-state index in [4.69, 9.17) is 0 Å². The van der Waals surface area contributed by atoms with Gasteiger partial charge in [0.15, 0.2) is 0 Å². The van der Waals surface area contributed by atoms with Gasteiger partial charge in [-0.05, 0) is 49.2 Å². The molecule has 3 N–H and O–H groups in total. The molecule has 7 heteroatoms. The van der Waals surface area contributed by atoms with Crippen molar-refractivity contribution < 1.29 is 29.9 Å². The monoisotopic (exact) mass is 380 g/mol. The number of aromatic hydroxyl groups is 1. The molecule has 0 saturated carbocycles. The van der Waals surface area contributed by atoms with E-state index in [2.05, 4.69) is 0 Å². The Hall–Kier alpha value is -3.19. The van der Waals surface area contributed by atoms with Crippen LogP contribution in [0.25, 0.3) is 0 Å². The summed E-state index contributed by atoms with van der Waals surface area (Å²) >= 11 is 0. The van der Waals surface area contributed by atoms with Gasteiger partial charge in [0.25, 0.3) is 0 Å². The van der Waals surface area contributed by atoms with Crippen molar-refractivity contribution in [2.75, 3.05) is 4.90 Å². The Morgan fingerprint density at radius 3 is 2.25 bits per heavy atom. The first-order valence-electron chi connectivity index (χ1n) is 9.09. The molecule has 2 aromatic rings. The summed E-state index contributed by atoms with van der Waals surface area (Å²) in [6.45, 7) is 3.73.